The maximum absolute atomic E-state index is 13.0. The van der Waals surface area contributed by atoms with Crippen LogP contribution in [0.4, 0.5) is 5.69 Å². The van der Waals surface area contributed by atoms with Crippen LogP contribution < -0.4 is 9.62 Å². The molecule has 0 aromatic heterocycles. The van der Waals surface area contributed by atoms with Gasteiger partial charge in [0.05, 0.1) is 11.3 Å². The minimum Gasteiger partial charge on any atom is -0.340 e. The van der Waals surface area contributed by atoms with Gasteiger partial charge < -0.3 is 10.2 Å². The molecular formula is C18H24ClN3O3S. The number of para-hydroxylation sites is 1. The molecule has 0 saturated heterocycles. The third-order valence-electron chi connectivity index (χ3n) is 3.92. The summed E-state index contributed by atoms with van der Waals surface area (Å²) in [7, 11) is 1.09. The first kappa shape index (κ1) is 22.0. The quantitative estimate of drug-likeness (QED) is 0.777. The van der Waals surface area contributed by atoms with Crippen molar-refractivity contribution >= 4 is 34.0 Å². The summed E-state index contributed by atoms with van der Waals surface area (Å²) in [6, 6.07) is 15.1. The molecule has 0 bridgehead atoms. The van der Waals surface area contributed by atoms with Crippen LogP contribution in [0.2, 0.25) is 0 Å². The molecule has 0 radical (unpaired) electrons. The maximum Gasteiger partial charge on any atom is 0.264 e. The van der Waals surface area contributed by atoms with Crippen molar-refractivity contribution in [3.05, 3.63) is 60.2 Å². The largest absolute Gasteiger partial charge is 0.340 e. The smallest absolute Gasteiger partial charge is 0.264 e. The number of sulfonamides is 1. The normalized spacial score (nSPS) is 10.7. The third kappa shape index (κ3) is 4.75. The van der Waals surface area contributed by atoms with Gasteiger partial charge in [-0.25, -0.2) is 8.42 Å². The molecule has 1 N–H and O–H groups in total. The van der Waals surface area contributed by atoms with E-state index in [9.17, 15) is 13.2 Å². The first-order valence-electron chi connectivity index (χ1n) is 7.92. The number of carbonyl (C=O) groups is 1. The summed E-state index contributed by atoms with van der Waals surface area (Å²) in [6.07, 6.45) is 0. The Bertz CT molecular complexity index is 829. The van der Waals surface area contributed by atoms with Gasteiger partial charge in [0, 0.05) is 27.2 Å². The Morgan fingerprint density at radius 1 is 1.00 bits per heavy atom. The van der Waals surface area contributed by atoms with E-state index in [1.54, 1.807) is 56.6 Å². The maximum atomic E-state index is 13.0. The van der Waals surface area contributed by atoms with E-state index in [0.717, 1.165) is 0 Å². The van der Waals surface area contributed by atoms with Crippen molar-refractivity contribution in [3.63, 3.8) is 0 Å². The summed E-state index contributed by atoms with van der Waals surface area (Å²) < 4.78 is 27.3. The van der Waals surface area contributed by atoms with Gasteiger partial charge in [0.1, 0.15) is 4.90 Å². The van der Waals surface area contributed by atoms with Gasteiger partial charge in [0.2, 0.25) is 0 Å². The summed E-state index contributed by atoms with van der Waals surface area (Å²) >= 11 is 0. The Labute approximate surface area is 161 Å². The SMILES string of the molecule is CNCCN(C)C(=O)c1ccccc1S(=O)(=O)N(C)c1ccccc1.Cl. The number of halogens is 1. The van der Waals surface area contributed by atoms with Gasteiger partial charge in [-0.3, -0.25) is 9.10 Å². The molecule has 0 aliphatic heterocycles. The fraction of sp³-hybridized carbons (Fsp3) is 0.278. The van der Waals surface area contributed by atoms with Crippen LogP contribution in [0, 0.1) is 0 Å². The van der Waals surface area contributed by atoms with Crippen LogP contribution in [0.25, 0.3) is 0 Å². The number of carbonyl (C=O) groups excluding carboxylic acids is 1. The fourth-order valence-electron chi connectivity index (χ4n) is 2.38. The molecule has 0 heterocycles. The topological polar surface area (TPSA) is 69.7 Å². The van der Waals surface area contributed by atoms with Crippen molar-refractivity contribution < 1.29 is 13.2 Å². The summed E-state index contributed by atoms with van der Waals surface area (Å²) in [5.41, 5.74) is 0.706. The second-order valence-electron chi connectivity index (χ2n) is 5.63. The molecule has 8 heteroatoms. The van der Waals surface area contributed by atoms with Gasteiger partial charge in [-0.1, -0.05) is 30.3 Å². The molecule has 26 heavy (non-hydrogen) atoms. The Kier molecular flexibility index (Phi) is 8.08. The van der Waals surface area contributed by atoms with Gasteiger partial charge in [-0.15, -0.1) is 12.4 Å². The molecular weight excluding hydrogens is 374 g/mol. The molecule has 6 nitrogen and oxygen atoms in total. The van der Waals surface area contributed by atoms with Gasteiger partial charge in [-0.2, -0.15) is 0 Å². The van der Waals surface area contributed by atoms with E-state index in [1.807, 2.05) is 6.07 Å². The summed E-state index contributed by atoms with van der Waals surface area (Å²) in [5, 5.41) is 2.97. The second kappa shape index (κ2) is 9.56. The minimum atomic E-state index is -3.85. The lowest BCUT2D eigenvalue weighted by atomic mass is 10.2. The van der Waals surface area contributed by atoms with Gasteiger partial charge in [0.15, 0.2) is 0 Å². The summed E-state index contributed by atoms with van der Waals surface area (Å²) in [4.78, 5) is 14.2. The van der Waals surface area contributed by atoms with Crippen molar-refractivity contribution in [2.75, 3.05) is 38.5 Å². The molecule has 2 rings (SSSR count). The number of nitrogens with one attached hydrogen (secondary N) is 1. The molecule has 2 aromatic carbocycles. The average molecular weight is 398 g/mol. The van der Waals surface area contributed by atoms with Crippen molar-refractivity contribution in [1.82, 2.24) is 10.2 Å². The zero-order valence-electron chi connectivity index (χ0n) is 15.0. The number of hydrogen-bond acceptors (Lipinski definition) is 4. The van der Waals surface area contributed by atoms with Gasteiger partial charge in [0.25, 0.3) is 15.9 Å². The highest BCUT2D eigenvalue weighted by Gasteiger charge is 2.27. The second-order valence-corrected chi connectivity index (χ2v) is 7.57. The Hall–Kier alpha value is -2.09. The van der Waals surface area contributed by atoms with Crippen LogP contribution in [0.1, 0.15) is 10.4 Å². The first-order valence-corrected chi connectivity index (χ1v) is 9.36. The van der Waals surface area contributed by atoms with Crippen molar-refractivity contribution in [1.29, 1.82) is 0 Å². The number of amides is 1. The van der Waals surface area contributed by atoms with E-state index in [0.29, 0.717) is 18.8 Å². The zero-order valence-corrected chi connectivity index (χ0v) is 16.7. The van der Waals surface area contributed by atoms with E-state index in [2.05, 4.69) is 5.32 Å². The van der Waals surface area contributed by atoms with Gasteiger partial charge >= 0.3 is 0 Å². The molecule has 0 aliphatic rings. The van der Waals surface area contributed by atoms with Crippen molar-refractivity contribution in [2.45, 2.75) is 4.90 Å². The number of hydrogen-bond donors (Lipinski definition) is 1. The summed E-state index contributed by atoms with van der Waals surface area (Å²) in [6.45, 7) is 1.11. The van der Waals surface area contributed by atoms with Crippen LogP contribution in [-0.4, -0.2) is 53.5 Å². The number of likely N-dealkylation sites (N-methyl/N-ethyl adjacent to an activating group) is 2. The Morgan fingerprint density at radius 2 is 1.58 bits per heavy atom. The van der Waals surface area contributed by atoms with E-state index in [1.165, 1.54) is 22.3 Å². The summed E-state index contributed by atoms with van der Waals surface area (Å²) in [5.74, 6) is -0.323. The van der Waals surface area contributed by atoms with Crippen LogP contribution in [0.15, 0.2) is 59.5 Å². The third-order valence-corrected chi connectivity index (χ3v) is 5.76. The molecule has 1 amide bonds. The molecule has 0 fully saturated rings. The van der Waals surface area contributed by atoms with E-state index < -0.39 is 10.0 Å². The molecule has 0 atom stereocenters. The highest BCUT2D eigenvalue weighted by atomic mass is 35.5. The predicted molar refractivity (Wildman–Crippen MR) is 107 cm³/mol. The minimum absolute atomic E-state index is 0. The Balaban J connectivity index is 0.00000338. The Morgan fingerprint density at radius 3 is 2.19 bits per heavy atom. The average Bonchev–Trinajstić information content (AvgIpc) is 2.65. The van der Waals surface area contributed by atoms with Crippen molar-refractivity contribution in [3.8, 4) is 0 Å². The molecule has 0 spiro atoms. The lowest BCUT2D eigenvalue weighted by Gasteiger charge is -2.23. The number of rotatable bonds is 7. The first-order chi connectivity index (χ1) is 11.9. The van der Waals surface area contributed by atoms with Crippen LogP contribution in [0.3, 0.4) is 0 Å². The number of anilines is 1. The highest BCUT2D eigenvalue weighted by molar-refractivity contribution is 7.92. The lowest BCUT2D eigenvalue weighted by Crippen LogP contribution is -2.35. The van der Waals surface area contributed by atoms with E-state index in [4.69, 9.17) is 0 Å². The van der Waals surface area contributed by atoms with E-state index >= 15 is 0 Å². The highest BCUT2D eigenvalue weighted by Crippen LogP contribution is 2.25. The molecule has 0 unspecified atom stereocenters. The number of benzene rings is 2. The van der Waals surface area contributed by atoms with Crippen molar-refractivity contribution in [2.24, 2.45) is 0 Å². The van der Waals surface area contributed by atoms with Crippen LogP contribution >= 0.6 is 12.4 Å². The lowest BCUT2D eigenvalue weighted by molar-refractivity contribution is 0.0793. The zero-order chi connectivity index (χ0) is 18.4. The number of nitrogens with zero attached hydrogens (tertiary/aromatic N) is 2. The molecule has 142 valence electrons. The standard InChI is InChI=1S/C18H23N3O3S.ClH/c1-19-13-14-20(2)18(22)16-11-7-8-12-17(16)25(23,24)21(3)15-9-5-4-6-10-15;/h4-12,19H,13-14H2,1-3H3;1H. The fourth-order valence-corrected chi connectivity index (χ4v) is 3.76. The monoisotopic (exact) mass is 397 g/mol. The van der Waals surface area contributed by atoms with Crippen LogP contribution in [-0.2, 0) is 10.0 Å². The van der Waals surface area contributed by atoms with Crippen LogP contribution in [0.5, 0.6) is 0 Å². The molecule has 2 aromatic rings. The van der Waals surface area contributed by atoms with Gasteiger partial charge in [-0.05, 0) is 31.3 Å². The molecule has 0 aliphatic carbocycles. The van der Waals surface area contributed by atoms with E-state index in [-0.39, 0.29) is 28.8 Å². The predicted octanol–water partition coefficient (Wildman–Crippen LogP) is 2.22. The molecule has 0 saturated carbocycles.